The molecule has 0 radical (unpaired) electrons. The summed E-state index contributed by atoms with van der Waals surface area (Å²) in [5.41, 5.74) is -0.350. The molecule has 9 heteroatoms. The lowest BCUT2D eigenvalue weighted by molar-refractivity contribution is -0.139. The Bertz CT molecular complexity index is 1220. The number of hydrogen-bond donors (Lipinski definition) is 2. The smallest absolute Gasteiger partial charge is 0.359 e. The molecule has 1 saturated heterocycles. The third-order valence-electron chi connectivity index (χ3n) is 5.97. The molecule has 5 rings (SSSR count). The zero-order valence-corrected chi connectivity index (χ0v) is 16.6. The molecule has 4 aromatic rings. The number of aromatic nitrogens is 4. The summed E-state index contributed by atoms with van der Waals surface area (Å²) in [4.78, 5) is 11.2. The summed E-state index contributed by atoms with van der Waals surface area (Å²) >= 11 is 0. The molecule has 0 atom stereocenters. The molecule has 0 saturated carbocycles. The van der Waals surface area contributed by atoms with Gasteiger partial charge in [-0.1, -0.05) is 0 Å². The van der Waals surface area contributed by atoms with Crippen molar-refractivity contribution >= 4 is 21.9 Å². The summed E-state index contributed by atoms with van der Waals surface area (Å²) in [7, 11) is 0. The lowest BCUT2D eigenvalue weighted by Gasteiger charge is -2.23. The van der Waals surface area contributed by atoms with Gasteiger partial charge in [-0.15, -0.1) is 0 Å². The van der Waals surface area contributed by atoms with Crippen LogP contribution < -0.4 is 5.32 Å². The molecule has 1 aliphatic heterocycles. The summed E-state index contributed by atoms with van der Waals surface area (Å²) in [5.74, 6) is 0.290. The number of rotatable bonds is 4. The highest BCUT2D eigenvalue weighted by Gasteiger charge is 2.37. The number of benzene rings is 1. The highest BCUT2D eigenvalue weighted by molar-refractivity contribution is 6.04. The zero-order chi connectivity index (χ0) is 21.6. The molecule has 0 unspecified atom stereocenters. The summed E-state index contributed by atoms with van der Waals surface area (Å²) in [5, 5.41) is 3.79. The molecular formula is C22H21F4N5. The van der Waals surface area contributed by atoms with Gasteiger partial charge in [-0.05, 0) is 62.5 Å². The Morgan fingerprint density at radius 1 is 1.10 bits per heavy atom. The predicted octanol–water partition coefficient (Wildman–Crippen LogP) is 5.13. The molecule has 1 fully saturated rings. The first-order valence-electron chi connectivity index (χ1n) is 10.3. The maximum absolute atomic E-state index is 13.9. The fraction of sp³-hybridized carbons (Fsp3) is 0.364. The molecule has 1 aromatic carbocycles. The Balaban J connectivity index is 1.75. The van der Waals surface area contributed by atoms with Gasteiger partial charge < -0.3 is 14.9 Å². The number of piperidine rings is 1. The van der Waals surface area contributed by atoms with Crippen molar-refractivity contribution < 1.29 is 17.6 Å². The van der Waals surface area contributed by atoms with Gasteiger partial charge in [-0.2, -0.15) is 13.2 Å². The minimum absolute atomic E-state index is 0.0270. The topological polar surface area (TPSA) is 58.5 Å². The van der Waals surface area contributed by atoms with E-state index in [4.69, 9.17) is 0 Å². The molecular weight excluding hydrogens is 410 g/mol. The van der Waals surface area contributed by atoms with Gasteiger partial charge in [0.2, 0.25) is 0 Å². The van der Waals surface area contributed by atoms with Crippen molar-refractivity contribution in [2.45, 2.75) is 32.0 Å². The van der Waals surface area contributed by atoms with E-state index in [1.54, 1.807) is 18.3 Å². The van der Waals surface area contributed by atoms with Crippen molar-refractivity contribution in [3.8, 4) is 11.5 Å². The lowest BCUT2D eigenvalue weighted by Crippen LogP contribution is -2.28. The van der Waals surface area contributed by atoms with Crippen molar-refractivity contribution in [3.63, 3.8) is 0 Å². The van der Waals surface area contributed by atoms with E-state index < -0.39 is 17.7 Å². The average Bonchev–Trinajstić information content (AvgIpc) is 3.39. The van der Waals surface area contributed by atoms with Crippen molar-refractivity contribution in [3.05, 3.63) is 48.0 Å². The second-order valence-electron chi connectivity index (χ2n) is 7.97. The first-order valence-corrected chi connectivity index (χ1v) is 10.3. The Labute approximate surface area is 175 Å². The van der Waals surface area contributed by atoms with E-state index in [-0.39, 0.29) is 11.0 Å². The maximum Gasteiger partial charge on any atom is 0.435 e. The summed E-state index contributed by atoms with van der Waals surface area (Å²) in [6, 6.07) is 7.34. The summed E-state index contributed by atoms with van der Waals surface area (Å²) in [6.07, 6.45) is -0.104. The van der Waals surface area contributed by atoms with Crippen LogP contribution in [0.15, 0.2) is 36.5 Å². The fourth-order valence-corrected chi connectivity index (χ4v) is 4.43. The van der Waals surface area contributed by atoms with Gasteiger partial charge in [0, 0.05) is 24.2 Å². The molecule has 1 aliphatic rings. The fourth-order valence-electron chi connectivity index (χ4n) is 4.43. The molecule has 3 aromatic heterocycles. The first kappa shape index (κ1) is 20.0. The van der Waals surface area contributed by atoms with Crippen LogP contribution in [0, 0.1) is 11.7 Å². The number of nitrogens with zero attached hydrogens (tertiary/aromatic N) is 3. The van der Waals surface area contributed by atoms with Crippen LogP contribution in [0.2, 0.25) is 0 Å². The van der Waals surface area contributed by atoms with Crippen molar-refractivity contribution in [1.82, 2.24) is 24.8 Å². The maximum atomic E-state index is 13.9. The summed E-state index contributed by atoms with van der Waals surface area (Å²) < 4.78 is 57.3. The van der Waals surface area contributed by atoms with E-state index in [1.807, 2.05) is 4.57 Å². The number of hydrogen-bond acceptors (Lipinski definition) is 3. The van der Waals surface area contributed by atoms with E-state index in [0.717, 1.165) is 38.4 Å². The number of imidazole rings is 1. The van der Waals surface area contributed by atoms with Crippen LogP contribution in [0.5, 0.6) is 0 Å². The van der Waals surface area contributed by atoms with Crippen LogP contribution >= 0.6 is 0 Å². The number of aryl methyl sites for hydroxylation is 1. The Morgan fingerprint density at radius 3 is 2.61 bits per heavy atom. The van der Waals surface area contributed by atoms with Gasteiger partial charge in [-0.3, -0.25) is 0 Å². The number of alkyl halides is 3. The monoisotopic (exact) mass is 431 g/mol. The second kappa shape index (κ2) is 7.64. The molecule has 162 valence electrons. The highest BCUT2D eigenvalue weighted by atomic mass is 19.4. The predicted molar refractivity (Wildman–Crippen MR) is 110 cm³/mol. The molecule has 0 bridgehead atoms. The zero-order valence-electron chi connectivity index (χ0n) is 16.6. The first-order chi connectivity index (χ1) is 14.9. The van der Waals surface area contributed by atoms with Crippen LogP contribution in [-0.4, -0.2) is 32.6 Å². The standard InChI is InChI=1S/C22H21F4N5/c23-14-3-4-15-17(12-14)29-20(22(24,25)26)18-19(15)31(11-7-13-5-9-27-10-6-13)21(30-18)16-2-1-8-28-16/h1-4,8,12-13,27-28H,5-7,9-11H2. The molecule has 5 nitrogen and oxygen atoms in total. The van der Waals surface area contributed by atoms with Crippen LogP contribution in [0.25, 0.3) is 33.5 Å². The van der Waals surface area contributed by atoms with E-state index in [0.29, 0.717) is 34.9 Å². The van der Waals surface area contributed by atoms with E-state index in [9.17, 15) is 17.6 Å². The molecule has 31 heavy (non-hydrogen) atoms. The van der Waals surface area contributed by atoms with Crippen LogP contribution in [0.1, 0.15) is 25.0 Å². The number of fused-ring (bicyclic) bond motifs is 3. The Hall–Kier alpha value is -2.94. The van der Waals surface area contributed by atoms with E-state index in [2.05, 4.69) is 20.3 Å². The molecule has 0 amide bonds. The van der Waals surface area contributed by atoms with Crippen molar-refractivity contribution in [2.24, 2.45) is 5.92 Å². The van der Waals surface area contributed by atoms with Crippen molar-refractivity contribution in [2.75, 3.05) is 13.1 Å². The number of nitrogens with one attached hydrogen (secondary N) is 2. The molecule has 2 N–H and O–H groups in total. The summed E-state index contributed by atoms with van der Waals surface area (Å²) in [6.45, 7) is 2.41. The normalized spacial score (nSPS) is 15.9. The molecule has 0 aliphatic carbocycles. The van der Waals surface area contributed by atoms with Crippen LogP contribution in [0.4, 0.5) is 17.6 Å². The second-order valence-corrected chi connectivity index (χ2v) is 7.97. The van der Waals surface area contributed by atoms with Gasteiger partial charge in [-0.25, -0.2) is 14.4 Å². The van der Waals surface area contributed by atoms with E-state index >= 15 is 0 Å². The van der Waals surface area contributed by atoms with Gasteiger partial charge in [0.15, 0.2) is 11.5 Å². The van der Waals surface area contributed by atoms with Crippen LogP contribution in [0.3, 0.4) is 0 Å². The van der Waals surface area contributed by atoms with Gasteiger partial charge in [0.25, 0.3) is 0 Å². The lowest BCUT2D eigenvalue weighted by atomic mass is 9.94. The van der Waals surface area contributed by atoms with Gasteiger partial charge >= 0.3 is 6.18 Å². The van der Waals surface area contributed by atoms with Crippen molar-refractivity contribution in [1.29, 1.82) is 0 Å². The third-order valence-corrected chi connectivity index (χ3v) is 5.97. The Kier molecular flexibility index (Phi) is 4.92. The largest absolute Gasteiger partial charge is 0.435 e. The minimum Gasteiger partial charge on any atom is -0.359 e. The molecule has 0 spiro atoms. The highest BCUT2D eigenvalue weighted by Crippen LogP contribution is 2.38. The quantitative estimate of drug-likeness (QED) is 0.441. The van der Waals surface area contributed by atoms with Gasteiger partial charge in [0.05, 0.1) is 16.7 Å². The number of pyridine rings is 1. The minimum atomic E-state index is -4.71. The van der Waals surface area contributed by atoms with Gasteiger partial charge in [0.1, 0.15) is 11.3 Å². The molecule has 4 heterocycles. The van der Waals surface area contributed by atoms with E-state index in [1.165, 1.54) is 12.1 Å². The number of H-pyrrole nitrogens is 1. The third kappa shape index (κ3) is 3.67. The average molecular weight is 431 g/mol. The number of aromatic amines is 1. The Morgan fingerprint density at radius 2 is 1.90 bits per heavy atom. The van der Waals surface area contributed by atoms with Crippen LogP contribution in [-0.2, 0) is 12.7 Å². The SMILES string of the molecule is Fc1ccc2c(c1)nc(C(F)(F)F)c1nc(-c3ccc[nH]3)n(CCC3CCNCC3)c12. The number of halogens is 4.